The van der Waals surface area contributed by atoms with Gasteiger partial charge in [0.05, 0.1) is 22.3 Å². The first kappa shape index (κ1) is 21.3. The summed E-state index contributed by atoms with van der Waals surface area (Å²) in [7, 11) is 0. The number of carbonyl (C=O) groups excluding carboxylic acids is 3. The molecule has 1 saturated heterocycles. The van der Waals surface area contributed by atoms with Gasteiger partial charge < -0.3 is 9.47 Å². The average molecular weight is 417 g/mol. The fraction of sp³-hybridized carbons (Fsp3) is 0.500. The number of hydrogen-bond acceptors (Lipinski definition) is 5. The van der Waals surface area contributed by atoms with Crippen LogP contribution < -0.4 is 0 Å². The minimum atomic E-state index is -1.43. The first-order valence-electron chi connectivity index (χ1n) is 8.57. The van der Waals surface area contributed by atoms with Crippen LogP contribution in [0.2, 0.25) is 10.0 Å². The molecular weight excluding hydrogens is 395 g/mol. The van der Waals surface area contributed by atoms with E-state index in [4.69, 9.17) is 32.7 Å². The van der Waals surface area contributed by atoms with E-state index in [2.05, 4.69) is 0 Å². The Labute approximate surface area is 168 Å². The number of halogens is 2. The summed E-state index contributed by atoms with van der Waals surface area (Å²) >= 11 is 12.1. The van der Waals surface area contributed by atoms with Crippen molar-refractivity contribution in [1.29, 1.82) is 0 Å². The number of hydrogen-bond donors (Lipinski definition) is 0. The smallest absolute Gasteiger partial charge is 0.436 e. The largest absolute Gasteiger partial charge is 0.445 e. The maximum atomic E-state index is 13.0. The van der Waals surface area contributed by atoms with Gasteiger partial charge in [-0.25, -0.2) is 9.59 Å². The van der Waals surface area contributed by atoms with E-state index < -0.39 is 35.8 Å². The summed E-state index contributed by atoms with van der Waals surface area (Å²) in [5, 5.41) is 2.19. The highest BCUT2D eigenvalue weighted by molar-refractivity contribution is 6.42. The molecule has 1 heterocycles. The average Bonchev–Trinajstić information content (AvgIpc) is 2.54. The molecule has 0 aliphatic carbocycles. The summed E-state index contributed by atoms with van der Waals surface area (Å²) in [5.41, 5.74) is -1.00. The number of carbonyl (C=O) groups is 3. The molecule has 27 heavy (non-hydrogen) atoms. The minimum absolute atomic E-state index is 0.197. The predicted octanol–water partition coefficient (Wildman–Crippen LogP) is 4.75. The number of benzene rings is 1. The Morgan fingerprint density at radius 3 is 2.07 bits per heavy atom. The van der Waals surface area contributed by atoms with Gasteiger partial charge in [0.1, 0.15) is 0 Å². The number of nitrogens with zero attached hydrogens (tertiary/aromatic N) is 2. The molecule has 9 heteroatoms. The predicted molar refractivity (Wildman–Crippen MR) is 100 cm³/mol. The number of amides is 3. The van der Waals surface area contributed by atoms with E-state index in [1.807, 2.05) is 0 Å². The summed E-state index contributed by atoms with van der Waals surface area (Å²) < 4.78 is 10.3. The second-order valence-corrected chi connectivity index (χ2v) is 7.45. The number of hydrazine groups is 1. The third kappa shape index (κ3) is 3.71. The lowest BCUT2D eigenvalue weighted by molar-refractivity contribution is -0.204. The summed E-state index contributed by atoms with van der Waals surface area (Å²) in [4.78, 5) is 38.1. The van der Waals surface area contributed by atoms with Crippen LogP contribution in [0, 0.1) is 0 Å². The van der Waals surface area contributed by atoms with Crippen LogP contribution in [0.3, 0.4) is 0 Å². The summed E-state index contributed by atoms with van der Waals surface area (Å²) in [5.74, 6) is -0.602. The van der Waals surface area contributed by atoms with Gasteiger partial charge in [0, 0.05) is 0 Å². The molecule has 1 atom stereocenters. The van der Waals surface area contributed by atoms with Crippen LogP contribution in [0.1, 0.15) is 46.6 Å². The van der Waals surface area contributed by atoms with Crippen molar-refractivity contribution in [3.63, 3.8) is 0 Å². The van der Waals surface area contributed by atoms with Gasteiger partial charge in [-0.1, -0.05) is 36.2 Å². The van der Waals surface area contributed by atoms with Gasteiger partial charge in [-0.3, -0.25) is 4.79 Å². The molecule has 0 aromatic heterocycles. The van der Waals surface area contributed by atoms with Crippen LogP contribution in [0.15, 0.2) is 18.2 Å². The molecule has 0 saturated carbocycles. The quantitative estimate of drug-likeness (QED) is 0.707. The minimum Gasteiger partial charge on any atom is -0.445 e. The zero-order chi connectivity index (χ0) is 20.5. The highest BCUT2D eigenvalue weighted by Crippen LogP contribution is 2.46. The number of imide groups is 1. The third-order valence-corrected chi connectivity index (χ3v) is 4.77. The molecular formula is C18H22Cl2N2O5. The van der Waals surface area contributed by atoms with E-state index >= 15 is 0 Å². The summed E-state index contributed by atoms with van der Waals surface area (Å²) in [6.45, 7) is 8.35. The van der Waals surface area contributed by atoms with Crippen molar-refractivity contribution in [3.8, 4) is 0 Å². The van der Waals surface area contributed by atoms with Crippen molar-refractivity contribution in [2.24, 2.45) is 0 Å². The maximum absolute atomic E-state index is 13.0. The molecule has 1 aromatic rings. The first-order valence-corrected chi connectivity index (χ1v) is 9.33. The molecule has 1 aromatic carbocycles. The first-order chi connectivity index (χ1) is 12.6. The highest BCUT2D eigenvalue weighted by atomic mass is 35.5. The van der Waals surface area contributed by atoms with Gasteiger partial charge in [-0.15, -0.1) is 5.01 Å². The standard InChI is InChI=1S/C18H22Cl2N2O5/c1-6-18(12-7-8-13(19)14(20)9-12)15(23)21(16(24)26-10(2)3)22(18)17(25)27-11(4)5/h7-11H,6H2,1-5H3/t18-/m0/s1. The van der Waals surface area contributed by atoms with Gasteiger partial charge >= 0.3 is 12.2 Å². The van der Waals surface area contributed by atoms with E-state index in [-0.39, 0.29) is 11.4 Å². The zero-order valence-electron chi connectivity index (χ0n) is 15.8. The molecule has 1 aliphatic heterocycles. The van der Waals surface area contributed by atoms with E-state index in [9.17, 15) is 14.4 Å². The lowest BCUT2D eigenvalue weighted by atomic mass is 9.81. The van der Waals surface area contributed by atoms with Crippen LogP contribution in [0.4, 0.5) is 9.59 Å². The molecule has 0 spiro atoms. The van der Waals surface area contributed by atoms with Crippen molar-refractivity contribution >= 4 is 41.3 Å². The maximum Gasteiger partial charge on any atom is 0.436 e. The fourth-order valence-electron chi connectivity index (χ4n) is 2.89. The third-order valence-electron chi connectivity index (χ3n) is 4.04. The molecule has 0 radical (unpaired) electrons. The fourth-order valence-corrected chi connectivity index (χ4v) is 3.19. The topological polar surface area (TPSA) is 76.2 Å². The van der Waals surface area contributed by atoms with Crippen LogP contribution in [-0.4, -0.2) is 40.3 Å². The van der Waals surface area contributed by atoms with Crippen molar-refractivity contribution in [1.82, 2.24) is 10.0 Å². The van der Waals surface area contributed by atoms with Crippen molar-refractivity contribution in [2.45, 2.75) is 58.8 Å². The molecule has 148 valence electrons. The molecule has 0 bridgehead atoms. The zero-order valence-corrected chi connectivity index (χ0v) is 17.3. The molecule has 3 amide bonds. The van der Waals surface area contributed by atoms with Crippen LogP contribution in [-0.2, 0) is 19.8 Å². The Morgan fingerprint density at radius 1 is 1.04 bits per heavy atom. The second kappa shape index (κ2) is 7.94. The Balaban J connectivity index is 2.53. The van der Waals surface area contributed by atoms with Gasteiger partial charge in [0.15, 0.2) is 5.54 Å². The summed E-state index contributed by atoms with van der Waals surface area (Å²) in [6.07, 6.45) is -2.49. The molecule has 0 N–H and O–H groups in total. The van der Waals surface area contributed by atoms with E-state index in [1.54, 1.807) is 40.7 Å². The van der Waals surface area contributed by atoms with E-state index in [1.165, 1.54) is 12.1 Å². The lowest BCUT2D eigenvalue weighted by Crippen LogP contribution is -2.78. The number of rotatable bonds is 4. The van der Waals surface area contributed by atoms with Crippen molar-refractivity contribution in [3.05, 3.63) is 33.8 Å². The molecule has 1 aliphatic rings. The Bertz CT molecular complexity index is 768. The van der Waals surface area contributed by atoms with Crippen LogP contribution in [0.25, 0.3) is 0 Å². The molecule has 1 fully saturated rings. The van der Waals surface area contributed by atoms with Crippen molar-refractivity contribution in [2.75, 3.05) is 0 Å². The lowest BCUT2D eigenvalue weighted by Gasteiger charge is -2.55. The molecule has 2 rings (SSSR count). The van der Waals surface area contributed by atoms with Crippen LogP contribution >= 0.6 is 23.2 Å². The number of ether oxygens (including phenoxy) is 2. The van der Waals surface area contributed by atoms with Crippen molar-refractivity contribution < 1.29 is 23.9 Å². The van der Waals surface area contributed by atoms with Gasteiger partial charge in [0.2, 0.25) is 0 Å². The summed E-state index contributed by atoms with van der Waals surface area (Å²) in [6, 6.07) is 4.63. The Hall–Kier alpha value is -1.99. The Morgan fingerprint density at radius 2 is 1.59 bits per heavy atom. The highest BCUT2D eigenvalue weighted by Gasteiger charge is 2.65. The van der Waals surface area contributed by atoms with Gasteiger partial charge in [0.25, 0.3) is 5.91 Å². The Kier molecular flexibility index (Phi) is 6.27. The monoisotopic (exact) mass is 416 g/mol. The SMILES string of the molecule is CC[C@]1(c2ccc(Cl)c(Cl)c2)C(=O)N(C(=O)OC(C)C)N1C(=O)OC(C)C. The van der Waals surface area contributed by atoms with Gasteiger partial charge in [-0.05, 0) is 51.8 Å². The normalized spacial score (nSPS) is 19.4. The van der Waals surface area contributed by atoms with E-state index in [0.29, 0.717) is 15.6 Å². The van der Waals surface area contributed by atoms with Crippen LogP contribution in [0.5, 0.6) is 0 Å². The van der Waals surface area contributed by atoms with Gasteiger partial charge in [-0.2, -0.15) is 5.01 Å². The molecule has 7 nitrogen and oxygen atoms in total. The second-order valence-electron chi connectivity index (χ2n) is 6.64. The molecule has 0 unspecified atom stereocenters. The van der Waals surface area contributed by atoms with E-state index in [0.717, 1.165) is 5.01 Å².